The fourth-order valence-electron chi connectivity index (χ4n) is 1.92. The van der Waals surface area contributed by atoms with Crippen LogP contribution in [0, 0.1) is 0 Å². The van der Waals surface area contributed by atoms with Crippen LogP contribution in [0.3, 0.4) is 0 Å². The van der Waals surface area contributed by atoms with Crippen molar-refractivity contribution in [3.63, 3.8) is 0 Å². The minimum absolute atomic E-state index is 0.0569. The van der Waals surface area contributed by atoms with Gasteiger partial charge in [0.25, 0.3) is 0 Å². The topological polar surface area (TPSA) is 134 Å². The van der Waals surface area contributed by atoms with E-state index in [0.717, 1.165) is 0 Å². The number of aromatic hydroxyl groups is 1. The number of hydrogen-bond donors (Lipinski definition) is 4. The Hall–Kier alpha value is -2.38. The summed E-state index contributed by atoms with van der Waals surface area (Å²) in [5.41, 5.74) is 18.1. The highest BCUT2D eigenvalue weighted by Crippen LogP contribution is 2.24. The summed E-state index contributed by atoms with van der Waals surface area (Å²) in [7, 11) is 0. The molecule has 0 bridgehead atoms. The molecule has 0 aliphatic carbocycles. The van der Waals surface area contributed by atoms with Gasteiger partial charge in [-0.25, -0.2) is 0 Å². The predicted octanol–water partition coefficient (Wildman–Crippen LogP) is -1.38. The second-order valence-electron chi connectivity index (χ2n) is 4.42. The molecule has 0 saturated carbocycles. The lowest BCUT2D eigenvalue weighted by molar-refractivity contribution is 0.471. The summed E-state index contributed by atoms with van der Waals surface area (Å²) in [5.74, 6) is 0.0328. The Bertz CT molecular complexity index is 786. The molecule has 0 aliphatic heterocycles. The molecule has 0 radical (unpaired) electrons. The molecular weight excluding hydrogens is 288 g/mol. The summed E-state index contributed by atoms with van der Waals surface area (Å²) < 4.78 is 11.4. The van der Waals surface area contributed by atoms with E-state index in [1.165, 1.54) is 18.5 Å². The molecule has 0 fully saturated rings. The van der Waals surface area contributed by atoms with E-state index in [0.29, 0.717) is 26.6 Å². The highest BCUT2D eigenvalue weighted by molar-refractivity contribution is 7.90. The number of nitrogens with zero attached hydrogens (tertiary/aromatic N) is 1. The third-order valence-electron chi connectivity index (χ3n) is 3.01. The van der Waals surface area contributed by atoms with Gasteiger partial charge in [-0.3, -0.25) is 4.98 Å². The van der Waals surface area contributed by atoms with Gasteiger partial charge in [0.05, 0.1) is 5.70 Å². The van der Waals surface area contributed by atoms with Crippen LogP contribution in [0.25, 0.3) is 11.5 Å². The van der Waals surface area contributed by atoms with Gasteiger partial charge in [0, 0.05) is 34.5 Å². The molecule has 1 heterocycles. The first-order valence-corrected chi connectivity index (χ1v) is 7.59. The van der Waals surface area contributed by atoms with E-state index in [-0.39, 0.29) is 11.6 Å². The summed E-state index contributed by atoms with van der Waals surface area (Å²) in [5, 5.41) is 11.2. The standard InChI is InChI=1S/C14H16N4O2S/c1-21(20)8-2-3-10(12(19)6-8)13(15)9-4-5-18-7-11(9)14(16)17/h2-7,19H,15-17H2,1H3/b13-9-. The van der Waals surface area contributed by atoms with Crippen molar-refractivity contribution in [1.29, 1.82) is 0 Å². The van der Waals surface area contributed by atoms with Crippen molar-refractivity contribution in [2.45, 2.75) is 4.90 Å². The average Bonchev–Trinajstić information content (AvgIpc) is 2.46. The van der Waals surface area contributed by atoms with Crippen LogP contribution in [0.4, 0.5) is 0 Å². The maximum Gasteiger partial charge on any atom is 0.156 e. The van der Waals surface area contributed by atoms with Gasteiger partial charge in [-0.05, 0) is 29.4 Å². The van der Waals surface area contributed by atoms with Gasteiger partial charge in [0.2, 0.25) is 0 Å². The summed E-state index contributed by atoms with van der Waals surface area (Å²) >= 11 is -1.18. The number of aromatic nitrogens is 1. The quantitative estimate of drug-likeness (QED) is 0.505. The van der Waals surface area contributed by atoms with Crippen LogP contribution in [0.2, 0.25) is 0 Å². The second kappa shape index (κ2) is 5.94. The molecule has 7 N–H and O–H groups in total. The largest absolute Gasteiger partial charge is 0.612 e. The van der Waals surface area contributed by atoms with Gasteiger partial charge in [-0.15, -0.1) is 0 Å². The van der Waals surface area contributed by atoms with Crippen molar-refractivity contribution < 1.29 is 9.66 Å². The summed E-state index contributed by atoms with van der Waals surface area (Å²) in [6.45, 7) is 0. The Morgan fingerprint density at radius 1 is 1.19 bits per heavy atom. The maximum atomic E-state index is 11.4. The number of nitrogens with two attached hydrogens (primary N) is 3. The Labute approximate surface area is 124 Å². The van der Waals surface area contributed by atoms with Crippen molar-refractivity contribution >= 4 is 22.7 Å². The first-order chi connectivity index (χ1) is 9.91. The van der Waals surface area contributed by atoms with E-state index in [1.807, 2.05) is 0 Å². The fraction of sp³-hybridized carbons (Fsp3) is 0.0714. The monoisotopic (exact) mass is 304 g/mol. The lowest BCUT2D eigenvalue weighted by Crippen LogP contribution is -2.36. The lowest BCUT2D eigenvalue weighted by Gasteiger charge is -2.09. The van der Waals surface area contributed by atoms with Gasteiger partial charge in [-0.2, -0.15) is 0 Å². The van der Waals surface area contributed by atoms with Crippen LogP contribution in [-0.2, 0) is 11.2 Å². The molecule has 0 spiro atoms. The number of rotatable bonds is 2. The van der Waals surface area contributed by atoms with E-state index >= 15 is 0 Å². The molecule has 0 amide bonds. The highest BCUT2D eigenvalue weighted by Gasteiger charge is 2.11. The Kier molecular flexibility index (Phi) is 4.25. The van der Waals surface area contributed by atoms with Crippen molar-refractivity contribution in [2.75, 3.05) is 6.26 Å². The minimum atomic E-state index is -1.18. The van der Waals surface area contributed by atoms with Crippen LogP contribution in [0.5, 0.6) is 5.75 Å². The molecular formula is C14H16N4O2S. The van der Waals surface area contributed by atoms with Crippen molar-refractivity contribution in [3.8, 4) is 5.75 Å². The highest BCUT2D eigenvalue weighted by atomic mass is 32.2. The molecule has 7 heteroatoms. The predicted molar refractivity (Wildman–Crippen MR) is 82.4 cm³/mol. The zero-order chi connectivity index (χ0) is 15.6. The van der Waals surface area contributed by atoms with Gasteiger partial charge >= 0.3 is 0 Å². The number of hydrogen-bond acceptors (Lipinski definition) is 6. The van der Waals surface area contributed by atoms with Crippen LogP contribution in [0.1, 0.15) is 5.56 Å². The SMILES string of the molecule is C[S+]([O-])c1ccc(/C(N)=c2\ccncc2=C(N)N)c(O)c1. The third kappa shape index (κ3) is 3.04. The average molecular weight is 304 g/mol. The zero-order valence-electron chi connectivity index (χ0n) is 11.4. The molecule has 2 rings (SSSR count). The van der Waals surface area contributed by atoms with Gasteiger partial charge in [-0.1, -0.05) is 0 Å². The van der Waals surface area contributed by atoms with Gasteiger partial charge in [0.1, 0.15) is 17.8 Å². The number of phenols is 1. The molecule has 1 aromatic heterocycles. The van der Waals surface area contributed by atoms with Crippen molar-refractivity contribution in [2.24, 2.45) is 17.2 Å². The lowest BCUT2D eigenvalue weighted by atomic mass is 10.1. The summed E-state index contributed by atoms with van der Waals surface area (Å²) in [6.07, 6.45) is 4.60. The Balaban J connectivity index is 2.74. The van der Waals surface area contributed by atoms with E-state index in [2.05, 4.69) is 4.98 Å². The number of benzene rings is 1. The van der Waals surface area contributed by atoms with E-state index in [9.17, 15) is 9.66 Å². The van der Waals surface area contributed by atoms with Gasteiger partial charge in [0.15, 0.2) is 4.90 Å². The van der Waals surface area contributed by atoms with E-state index in [1.54, 1.807) is 24.4 Å². The van der Waals surface area contributed by atoms with E-state index < -0.39 is 11.2 Å². The molecule has 0 saturated heterocycles. The molecule has 1 aromatic carbocycles. The van der Waals surface area contributed by atoms with Crippen molar-refractivity contribution in [1.82, 2.24) is 4.98 Å². The zero-order valence-corrected chi connectivity index (χ0v) is 12.2. The second-order valence-corrected chi connectivity index (χ2v) is 5.80. The summed E-state index contributed by atoms with van der Waals surface area (Å²) in [4.78, 5) is 4.47. The number of pyridine rings is 1. The normalized spacial score (nSPS) is 13.6. The molecule has 2 aromatic rings. The third-order valence-corrected chi connectivity index (χ3v) is 3.93. The van der Waals surface area contributed by atoms with E-state index in [4.69, 9.17) is 17.2 Å². The molecule has 1 unspecified atom stereocenters. The molecule has 1 atom stereocenters. The van der Waals surface area contributed by atoms with Crippen LogP contribution in [0.15, 0.2) is 41.6 Å². The van der Waals surface area contributed by atoms with Crippen LogP contribution < -0.4 is 27.6 Å². The Morgan fingerprint density at radius 3 is 2.48 bits per heavy atom. The smallest absolute Gasteiger partial charge is 0.156 e. The molecule has 110 valence electrons. The first-order valence-electron chi connectivity index (χ1n) is 6.03. The molecule has 21 heavy (non-hydrogen) atoms. The number of phenolic OH excluding ortho intramolecular Hbond substituents is 1. The fourth-order valence-corrected chi connectivity index (χ4v) is 2.46. The molecule has 0 aliphatic rings. The van der Waals surface area contributed by atoms with Crippen LogP contribution in [-0.4, -0.2) is 20.9 Å². The molecule has 6 nitrogen and oxygen atoms in total. The van der Waals surface area contributed by atoms with Gasteiger partial charge < -0.3 is 26.9 Å². The Morgan fingerprint density at radius 2 is 1.90 bits per heavy atom. The first kappa shape index (κ1) is 15.0. The van der Waals surface area contributed by atoms with Crippen molar-refractivity contribution in [3.05, 3.63) is 52.7 Å². The van der Waals surface area contributed by atoms with Crippen LogP contribution >= 0.6 is 0 Å². The minimum Gasteiger partial charge on any atom is -0.612 e. The summed E-state index contributed by atoms with van der Waals surface area (Å²) in [6, 6.07) is 6.34. The maximum absolute atomic E-state index is 11.4.